The number of rotatable bonds is 4. The number of amides is 3. The maximum Gasteiger partial charge on any atom is 0.314 e. The van der Waals surface area contributed by atoms with Gasteiger partial charge >= 0.3 is 11.8 Å². The molecule has 0 aromatic heterocycles. The van der Waals surface area contributed by atoms with E-state index in [0.29, 0.717) is 24.3 Å². The Morgan fingerprint density at radius 2 is 1.63 bits per heavy atom. The second-order valence-electron chi connectivity index (χ2n) is 6.55. The Balaban J connectivity index is 1.62. The van der Waals surface area contributed by atoms with Crippen LogP contribution in [0, 0.1) is 0 Å². The van der Waals surface area contributed by atoms with E-state index in [1.807, 2.05) is 37.2 Å². The van der Waals surface area contributed by atoms with Crippen LogP contribution in [0.25, 0.3) is 0 Å². The first-order valence-electron chi connectivity index (χ1n) is 8.74. The first kappa shape index (κ1) is 18.4. The summed E-state index contributed by atoms with van der Waals surface area (Å²) in [5.41, 5.74) is 2.72. The van der Waals surface area contributed by atoms with Crippen LogP contribution in [-0.2, 0) is 14.4 Å². The van der Waals surface area contributed by atoms with Gasteiger partial charge in [-0.2, -0.15) is 0 Å². The topological polar surface area (TPSA) is 81.8 Å². The third-order valence-corrected chi connectivity index (χ3v) is 4.34. The zero-order valence-electron chi connectivity index (χ0n) is 15.4. The normalized spacial score (nSPS) is 13.4. The van der Waals surface area contributed by atoms with Crippen molar-refractivity contribution < 1.29 is 14.4 Å². The first-order valence-corrected chi connectivity index (χ1v) is 8.74. The average Bonchev–Trinajstić information content (AvgIpc) is 3.08. The van der Waals surface area contributed by atoms with Crippen LogP contribution < -0.4 is 20.4 Å². The summed E-state index contributed by atoms with van der Waals surface area (Å²) in [5.74, 6) is -1.45. The highest BCUT2D eigenvalue weighted by Crippen LogP contribution is 2.24. The Hall–Kier alpha value is -3.35. The maximum absolute atomic E-state index is 12.2. The second-order valence-corrected chi connectivity index (χ2v) is 6.55. The van der Waals surface area contributed by atoms with Crippen molar-refractivity contribution in [1.82, 2.24) is 0 Å². The smallest absolute Gasteiger partial charge is 0.314 e. The molecule has 140 valence electrons. The molecule has 1 aliphatic heterocycles. The van der Waals surface area contributed by atoms with Gasteiger partial charge in [-0.25, -0.2) is 0 Å². The van der Waals surface area contributed by atoms with Crippen molar-refractivity contribution in [3.05, 3.63) is 48.5 Å². The summed E-state index contributed by atoms with van der Waals surface area (Å²) in [6, 6.07) is 14.1. The third-order valence-electron chi connectivity index (χ3n) is 4.34. The van der Waals surface area contributed by atoms with Gasteiger partial charge in [0.15, 0.2) is 0 Å². The van der Waals surface area contributed by atoms with E-state index >= 15 is 0 Å². The molecule has 0 unspecified atom stereocenters. The van der Waals surface area contributed by atoms with Gasteiger partial charge in [0, 0.05) is 49.8 Å². The minimum absolute atomic E-state index is 0.0670. The molecule has 1 aliphatic rings. The first-order chi connectivity index (χ1) is 12.9. The summed E-state index contributed by atoms with van der Waals surface area (Å²) in [6.07, 6.45) is 1.36. The number of hydrogen-bond donors (Lipinski definition) is 2. The molecule has 0 bridgehead atoms. The van der Waals surface area contributed by atoms with E-state index in [1.54, 1.807) is 35.2 Å². The van der Waals surface area contributed by atoms with Gasteiger partial charge in [0.25, 0.3) is 0 Å². The Labute approximate surface area is 158 Å². The Bertz CT molecular complexity index is 862. The molecule has 2 aromatic carbocycles. The maximum atomic E-state index is 12.2. The molecule has 1 fully saturated rings. The molecule has 27 heavy (non-hydrogen) atoms. The Morgan fingerprint density at radius 3 is 2.22 bits per heavy atom. The lowest BCUT2D eigenvalue weighted by molar-refractivity contribution is -0.132. The van der Waals surface area contributed by atoms with E-state index in [-0.39, 0.29) is 5.91 Å². The van der Waals surface area contributed by atoms with Crippen molar-refractivity contribution in [3.63, 3.8) is 0 Å². The van der Waals surface area contributed by atoms with Crippen molar-refractivity contribution in [2.45, 2.75) is 12.8 Å². The van der Waals surface area contributed by atoms with Crippen LogP contribution in [0.5, 0.6) is 0 Å². The lowest BCUT2D eigenvalue weighted by atomic mass is 10.2. The molecule has 0 aliphatic carbocycles. The number of anilines is 4. The number of benzene rings is 2. The zero-order chi connectivity index (χ0) is 19.4. The summed E-state index contributed by atoms with van der Waals surface area (Å²) in [4.78, 5) is 39.8. The van der Waals surface area contributed by atoms with E-state index < -0.39 is 11.8 Å². The predicted molar refractivity (Wildman–Crippen MR) is 106 cm³/mol. The van der Waals surface area contributed by atoms with Crippen LogP contribution in [-0.4, -0.2) is 38.4 Å². The lowest BCUT2D eigenvalue weighted by Crippen LogP contribution is -2.29. The van der Waals surface area contributed by atoms with Gasteiger partial charge in [0.05, 0.1) is 0 Å². The molecule has 3 rings (SSSR count). The van der Waals surface area contributed by atoms with E-state index in [4.69, 9.17) is 0 Å². The molecule has 7 heteroatoms. The summed E-state index contributed by atoms with van der Waals surface area (Å²) in [6.45, 7) is 0.666. The molecule has 0 atom stereocenters. The molecule has 1 heterocycles. The molecule has 1 saturated heterocycles. The highest BCUT2D eigenvalue weighted by Gasteiger charge is 2.22. The monoisotopic (exact) mass is 366 g/mol. The highest BCUT2D eigenvalue weighted by atomic mass is 16.2. The van der Waals surface area contributed by atoms with Crippen LogP contribution >= 0.6 is 0 Å². The number of nitrogens with zero attached hydrogens (tertiary/aromatic N) is 2. The van der Waals surface area contributed by atoms with E-state index in [0.717, 1.165) is 17.8 Å². The van der Waals surface area contributed by atoms with Crippen molar-refractivity contribution in [1.29, 1.82) is 0 Å². The number of nitrogens with one attached hydrogen (secondary N) is 2. The Kier molecular flexibility index (Phi) is 5.40. The molecule has 2 aromatic rings. The minimum atomic E-state index is -0.767. The molecular weight excluding hydrogens is 344 g/mol. The lowest BCUT2D eigenvalue weighted by Gasteiger charge is -2.16. The highest BCUT2D eigenvalue weighted by molar-refractivity contribution is 6.43. The standard InChI is InChI=1S/C20H22N4O3/c1-23(2)16-10-8-14(9-11-16)21-19(26)20(27)22-15-5-3-6-17(13-15)24-12-4-7-18(24)25/h3,5-6,8-11,13H,4,7,12H2,1-2H3,(H,21,26)(H,22,27). The molecule has 2 N–H and O–H groups in total. The third kappa shape index (κ3) is 4.44. The van der Waals surface area contributed by atoms with Gasteiger partial charge in [0.2, 0.25) is 5.91 Å². The van der Waals surface area contributed by atoms with Crippen LogP contribution in [0.1, 0.15) is 12.8 Å². The largest absolute Gasteiger partial charge is 0.378 e. The van der Waals surface area contributed by atoms with Crippen LogP contribution in [0.15, 0.2) is 48.5 Å². The van der Waals surface area contributed by atoms with Crippen molar-refractivity contribution >= 4 is 40.5 Å². The van der Waals surface area contributed by atoms with Crippen molar-refractivity contribution in [3.8, 4) is 0 Å². The van der Waals surface area contributed by atoms with Gasteiger partial charge in [-0.05, 0) is 48.9 Å². The summed E-state index contributed by atoms with van der Waals surface area (Å²) in [5, 5.41) is 5.14. The fraction of sp³-hybridized carbons (Fsp3) is 0.250. The molecule has 7 nitrogen and oxygen atoms in total. The fourth-order valence-electron chi connectivity index (χ4n) is 2.89. The molecule has 3 amide bonds. The quantitative estimate of drug-likeness (QED) is 0.815. The van der Waals surface area contributed by atoms with E-state index in [9.17, 15) is 14.4 Å². The summed E-state index contributed by atoms with van der Waals surface area (Å²) >= 11 is 0. The molecular formula is C20H22N4O3. The molecule has 0 radical (unpaired) electrons. The predicted octanol–water partition coefficient (Wildman–Crippen LogP) is 2.46. The van der Waals surface area contributed by atoms with Crippen LogP contribution in [0.2, 0.25) is 0 Å². The summed E-state index contributed by atoms with van der Waals surface area (Å²) < 4.78 is 0. The number of hydrogen-bond acceptors (Lipinski definition) is 4. The minimum Gasteiger partial charge on any atom is -0.378 e. The number of carbonyl (C=O) groups excluding carboxylic acids is 3. The van der Waals surface area contributed by atoms with Gasteiger partial charge in [-0.15, -0.1) is 0 Å². The van der Waals surface area contributed by atoms with Crippen LogP contribution in [0.3, 0.4) is 0 Å². The zero-order valence-corrected chi connectivity index (χ0v) is 15.4. The van der Waals surface area contributed by atoms with E-state index in [2.05, 4.69) is 10.6 Å². The SMILES string of the molecule is CN(C)c1ccc(NC(=O)C(=O)Nc2cccc(N3CCCC3=O)c2)cc1. The molecule has 0 saturated carbocycles. The number of carbonyl (C=O) groups is 3. The fourth-order valence-corrected chi connectivity index (χ4v) is 2.89. The average molecular weight is 366 g/mol. The molecule has 0 spiro atoms. The van der Waals surface area contributed by atoms with E-state index in [1.165, 1.54) is 0 Å². The van der Waals surface area contributed by atoms with Gasteiger partial charge in [-0.1, -0.05) is 6.07 Å². The van der Waals surface area contributed by atoms with Gasteiger partial charge < -0.3 is 20.4 Å². The van der Waals surface area contributed by atoms with Gasteiger partial charge in [0.1, 0.15) is 0 Å². The van der Waals surface area contributed by atoms with Crippen molar-refractivity contribution in [2.75, 3.05) is 41.1 Å². The Morgan fingerprint density at radius 1 is 0.963 bits per heavy atom. The van der Waals surface area contributed by atoms with Crippen molar-refractivity contribution in [2.24, 2.45) is 0 Å². The summed E-state index contributed by atoms with van der Waals surface area (Å²) in [7, 11) is 3.84. The van der Waals surface area contributed by atoms with Crippen LogP contribution in [0.4, 0.5) is 22.7 Å². The second kappa shape index (κ2) is 7.90. The van der Waals surface area contributed by atoms with Gasteiger partial charge in [-0.3, -0.25) is 14.4 Å².